The van der Waals surface area contributed by atoms with Crippen molar-refractivity contribution in [3.05, 3.63) is 17.0 Å². The van der Waals surface area contributed by atoms with Gasteiger partial charge >= 0.3 is 0 Å². The van der Waals surface area contributed by atoms with E-state index in [1.54, 1.807) is 0 Å². The van der Waals surface area contributed by atoms with Gasteiger partial charge in [-0.2, -0.15) is 5.10 Å². The van der Waals surface area contributed by atoms with Crippen molar-refractivity contribution in [3.8, 4) is 12.3 Å². The molecule has 1 heterocycles. The summed E-state index contributed by atoms with van der Waals surface area (Å²) >= 11 is 0. The molecule has 0 saturated heterocycles. The van der Waals surface area contributed by atoms with Crippen LogP contribution in [0.2, 0.25) is 0 Å². The van der Waals surface area contributed by atoms with Gasteiger partial charge in [-0.25, -0.2) is 0 Å². The van der Waals surface area contributed by atoms with Crippen LogP contribution in [-0.4, -0.2) is 15.8 Å². The first-order chi connectivity index (χ1) is 7.51. The Labute approximate surface area is 98.2 Å². The fourth-order valence-electron chi connectivity index (χ4n) is 2.15. The Bertz CT molecular complexity index is 398. The van der Waals surface area contributed by atoms with Gasteiger partial charge in [0.15, 0.2) is 0 Å². The molecule has 0 saturated carbocycles. The molecule has 0 aliphatic rings. The van der Waals surface area contributed by atoms with E-state index in [4.69, 9.17) is 6.42 Å². The minimum absolute atomic E-state index is 0.0822. The molecule has 3 nitrogen and oxygen atoms in total. The standard InChI is InChI=1S/C13H21N3/c1-7-9(3)14-10(4)13-11(5)15-16(8-2)12(13)6/h1,9-10,14H,8H2,2-6H3. The van der Waals surface area contributed by atoms with Crippen molar-refractivity contribution >= 4 is 0 Å². The molecule has 0 bridgehead atoms. The van der Waals surface area contributed by atoms with Crippen molar-refractivity contribution in [2.45, 2.75) is 53.2 Å². The van der Waals surface area contributed by atoms with Gasteiger partial charge in [0.05, 0.1) is 11.7 Å². The van der Waals surface area contributed by atoms with E-state index in [1.165, 1.54) is 11.3 Å². The number of aryl methyl sites for hydroxylation is 2. The van der Waals surface area contributed by atoms with Gasteiger partial charge in [-0.3, -0.25) is 10.00 Å². The first-order valence-corrected chi connectivity index (χ1v) is 5.77. The van der Waals surface area contributed by atoms with Crippen LogP contribution in [0, 0.1) is 26.2 Å². The molecule has 3 heteroatoms. The average Bonchev–Trinajstić information content (AvgIpc) is 2.53. The molecule has 1 N–H and O–H groups in total. The Morgan fingerprint density at radius 2 is 2.06 bits per heavy atom. The second-order valence-electron chi connectivity index (χ2n) is 4.18. The number of hydrogen-bond acceptors (Lipinski definition) is 2. The number of terminal acetylenes is 1. The predicted molar refractivity (Wildman–Crippen MR) is 67.2 cm³/mol. The van der Waals surface area contributed by atoms with Crippen LogP contribution in [0.1, 0.15) is 43.8 Å². The summed E-state index contributed by atoms with van der Waals surface area (Å²) in [7, 11) is 0. The van der Waals surface area contributed by atoms with Crippen molar-refractivity contribution in [1.29, 1.82) is 0 Å². The van der Waals surface area contributed by atoms with Crippen LogP contribution in [0.3, 0.4) is 0 Å². The van der Waals surface area contributed by atoms with Gasteiger partial charge in [0.1, 0.15) is 0 Å². The zero-order valence-corrected chi connectivity index (χ0v) is 10.8. The van der Waals surface area contributed by atoms with Gasteiger partial charge in [-0.1, -0.05) is 5.92 Å². The van der Waals surface area contributed by atoms with Gasteiger partial charge in [0.2, 0.25) is 0 Å². The highest BCUT2D eigenvalue weighted by Gasteiger charge is 2.17. The predicted octanol–water partition coefficient (Wildman–Crippen LogP) is 2.19. The van der Waals surface area contributed by atoms with E-state index in [9.17, 15) is 0 Å². The van der Waals surface area contributed by atoms with Gasteiger partial charge in [-0.05, 0) is 34.6 Å². The zero-order chi connectivity index (χ0) is 12.3. The summed E-state index contributed by atoms with van der Waals surface area (Å²) in [6.07, 6.45) is 5.37. The summed E-state index contributed by atoms with van der Waals surface area (Å²) in [5, 5.41) is 7.88. The molecule has 0 radical (unpaired) electrons. The number of aromatic nitrogens is 2. The Morgan fingerprint density at radius 3 is 2.50 bits per heavy atom. The maximum absolute atomic E-state index is 5.37. The van der Waals surface area contributed by atoms with E-state index < -0.39 is 0 Å². The summed E-state index contributed by atoms with van der Waals surface area (Å²) in [4.78, 5) is 0. The topological polar surface area (TPSA) is 29.9 Å². The van der Waals surface area contributed by atoms with Gasteiger partial charge in [0.25, 0.3) is 0 Å². The molecule has 2 atom stereocenters. The number of rotatable bonds is 4. The molecule has 0 spiro atoms. The molecule has 1 rings (SSSR count). The van der Waals surface area contributed by atoms with Crippen LogP contribution in [0.5, 0.6) is 0 Å². The van der Waals surface area contributed by atoms with Crippen LogP contribution in [-0.2, 0) is 6.54 Å². The molecule has 0 aliphatic heterocycles. The largest absolute Gasteiger partial charge is 0.297 e. The highest BCUT2D eigenvalue weighted by molar-refractivity contribution is 5.28. The summed E-state index contributed by atoms with van der Waals surface area (Å²) in [6, 6.07) is 0.324. The van der Waals surface area contributed by atoms with E-state index >= 15 is 0 Å². The van der Waals surface area contributed by atoms with Crippen LogP contribution in [0.25, 0.3) is 0 Å². The molecule has 0 amide bonds. The van der Waals surface area contributed by atoms with E-state index in [0.29, 0.717) is 0 Å². The zero-order valence-electron chi connectivity index (χ0n) is 10.8. The van der Waals surface area contributed by atoms with E-state index in [0.717, 1.165) is 12.2 Å². The molecule has 0 aromatic carbocycles. The smallest absolute Gasteiger partial charge is 0.0663 e. The molecule has 0 aliphatic carbocycles. The Kier molecular flexibility index (Phi) is 4.14. The third-order valence-corrected chi connectivity index (χ3v) is 2.92. The van der Waals surface area contributed by atoms with Crippen molar-refractivity contribution < 1.29 is 0 Å². The summed E-state index contributed by atoms with van der Waals surface area (Å²) in [6.45, 7) is 11.3. The normalized spacial score (nSPS) is 14.5. The molecule has 88 valence electrons. The SMILES string of the molecule is C#CC(C)NC(C)c1c(C)nn(CC)c1C. The Balaban J connectivity index is 2.95. The van der Waals surface area contributed by atoms with Crippen LogP contribution in [0.4, 0.5) is 0 Å². The lowest BCUT2D eigenvalue weighted by atomic mass is 10.1. The second-order valence-corrected chi connectivity index (χ2v) is 4.18. The lowest BCUT2D eigenvalue weighted by Crippen LogP contribution is -2.28. The first kappa shape index (κ1) is 12.8. The minimum Gasteiger partial charge on any atom is -0.297 e. The molecule has 2 unspecified atom stereocenters. The van der Waals surface area contributed by atoms with Crippen molar-refractivity contribution in [3.63, 3.8) is 0 Å². The fourth-order valence-corrected chi connectivity index (χ4v) is 2.15. The number of nitrogens with one attached hydrogen (secondary N) is 1. The first-order valence-electron chi connectivity index (χ1n) is 5.77. The van der Waals surface area contributed by atoms with E-state index in [2.05, 4.69) is 37.1 Å². The molecule has 1 aromatic heterocycles. The van der Waals surface area contributed by atoms with Crippen LogP contribution >= 0.6 is 0 Å². The maximum atomic E-state index is 5.37. The Hall–Kier alpha value is -1.27. The molecule has 16 heavy (non-hydrogen) atoms. The van der Waals surface area contributed by atoms with Crippen LogP contribution in [0.15, 0.2) is 0 Å². The van der Waals surface area contributed by atoms with Gasteiger partial charge in [-0.15, -0.1) is 6.42 Å². The lowest BCUT2D eigenvalue weighted by molar-refractivity contribution is 0.540. The maximum Gasteiger partial charge on any atom is 0.0663 e. The molecule has 0 fully saturated rings. The van der Waals surface area contributed by atoms with Crippen molar-refractivity contribution in [2.24, 2.45) is 0 Å². The lowest BCUT2D eigenvalue weighted by Gasteiger charge is -2.17. The summed E-state index contributed by atoms with van der Waals surface area (Å²) in [5.74, 6) is 2.69. The third-order valence-electron chi connectivity index (χ3n) is 2.92. The molecule has 1 aromatic rings. The number of nitrogens with zero attached hydrogens (tertiary/aromatic N) is 2. The van der Waals surface area contributed by atoms with Crippen molar-refractivity contribution in [1.82, 2.24) is 15.1 Å². The fraction of sp³-hybridized carbons (Fsp3) is 0.615. The Morgan fingerprint density at radius 1 is 1.44 bits per heavy atom. The van der Waals surface area contributed by atoms with Gasteiger partial charge in [0, 0.05) is 23.8 Å². The second kappa shape index (κ2) is 5.18. The minimum atomic E-state index is 0.0822. The summed E-state index contributed by atoms with van der Waals surface area (Å²) in [5.41, 5.74) is 3.58. The highest BCUT2D eigenvalue weighted by Crippen LogP contribution is 2.21. The van der Waals surface area contributed by atoms with Gasteiger partial charge < -0.3 is 0 Å². The van der Waals surface area contributed by atoms with Crippen molar-refractivity contribution in [2.75, 3.05) is 0 Å². The van der Waals surface area contributed by atoms with Crippen LogP contribution < -0.4 is 5.32 Å². The molecular weight excluding hydrogens is 198 g/mol. The molecular formula is C13H21N3. The quantitative estimate of drug-likeness (QED) is 0.787. The van der Waals surface area contributed by atoms with E-state index in [1.807, 2.05) is 18.5 Å². The number of hydrogen-bond donors (Lipinski definition) is 1. The monoisotopic (exact) mass is 219 g/mol. The highest BCUT2D eigenvalue weighted by atomic mass is 15.3. The summed E-state index contributed by atoms with van der Waals surface area (Å²) < 4.78 is 2.03. The van der Waals surface area contributed by atoms with E-state index in [-0.39, 0.29) is 12.1 Å². The third kappa shape index (κ3) is 2.45. The average molecular weight is 219 g/mol.